The number of amides is 1. The fourth-order valence-corrected chi connectivity index (χ4v) is 1.72. The Morgan fingerprint density at radius 3 is 2.52 bits per heavy atom. The highest BCUT2D eigenvalue weighted by Crippen LogP contribution is 2.33. The molecule has 5 nitrogen and oxygen atoms in total. The van der Waals surface area contributed by atoms with E-state index in [1.54, 1.807) is 0 Å². The summed E-state index contributed by atoms with van der Waals surface area (Å²) in [4.78, 5) is 10.1. The lowest BCUT2D eigenvalue weighted by atomic mass is 10.1. The van der Waals surface area contributed by atoms with Gasteiger partial charge in [0, 0.05) is 17.8 Å². The van der Waals surface area contributed by atoms with E-state index >= 15 is 0 Å². The second-order valence-electron chi connectivity index (χ2n) is 4.07. The van der Waals surface area contributed by atoms with Gasteiger partial charge in [0.25, 0.3) is 0 Å². The van der Waals surface area contributed by atoms with Crippen molar-refractivity contribution in [3.8, 4) is 0 Å². The number of benzene rings is 1. The molecule has 0 saturated heterocycles. The minimum Gasteiger partial charge on any atom is -0.389 e. The van der Waals surface area contributed by atoms with E-state index in [-0.39, 0.29) is 36.0 Å². The Hall–Kier alpha value is -1.87. The van der Waals surface area contributed by atoms with Gasteiger partial charge in [0.15, 0.2) is 0 Å². The van der Waals surface area contributed by atoms with E-state index in [0.717, 1.165) is 6.07 Å². The predicted octanol–water partition coefficient (Wildman–Crippen LogP) is 1.25. The smallest absolute Gasteiger partial charge is 0.389 e. The van der Waals surface area contributed by atoms with Gasteiger partial charge in [-0.2, -0.15) is 13.2 Å². The second-order valence-corrected chi connectivity index (χ2v) is 4.51. The Balaban J connectivity index is 2.73. The molecule has 1 rings (SSSR count). The summed E-state index contributed by atoms with van der Waals surface area (Å²) in [6, 6.07) is 3.55. The number of thiocarbonyl (C=S) groups is 1. The van der Waals surface area contributed by atoms with Crippen LogP contribution in [0.5, 0.6) is 0 Å². The third-order valence-corrected chi connectivity index (χ3v) is 2.63. The van der Waals surface area contributed by atoms with Gasteiger partial charge in [-0.15, -0.1) is 0 Å². The minimum absolute atomic E-state index is 0.126. The van der Waals surface area contributed by atoms with Gasteiger partial charge < -0.3 is 21.5 Å². The zero-order chi connectivity index (χ0) is 16.0. The maximum Gasteiger partial charge on any atom is 0.417 e. The molecule has 0 radical (unpaired) electrons. The maximum absolute atomic E-state index is 12.9. The zero-order valence-corrected chi connectivity index (χ0v) is 11.7. The molecule has 0 spiro atoms. The molecule has 1 aromatic rings. The van der Waals surface area contributed by atoms with Gasteiger partial charge in [-0.25, -0.2) is 0 Å². The Labute approximate surface area is 124 Å². The number of nitrogens with one attached hydrogen (secondary N) is 1. The van der Waals surface area contributed by atoms with Gasteiger partial charge in [0.1, 0.15) is 11.6 Å². The van der Waals surface area contributed by atoms with Gasteiger partial charge in [-0.3, -0.25) is 4.79 Å². The molecule has 0 atom stereocenters. The van der Waals surface area contributed by atoms with Crippen molar-refractivity contribution in [2.45, 2.75) is 6.18 Å². The molecule has 0 aromatic heterocycles. The van der Waals surface area contributed by atoms with Gasteiger partial charge in [0.2, 0.25) is 5.91 Å². The monoisotopic (exact) mass is 321 g/mol. The lowest BCUT2D eigenvalue weighted by Crippen LogP contribution is -2.21. The van der Waals surface area contributed by atoms with Crippen LogP contribution in [0, 0.1) is 0 Å². The molecule has 0 aliphatic rings. The molecular formula is C12H14F3N3O2S. The molecule has 0 unspecified atom stereocenters. The third-order valence-electron chi connectivity index (χ3n) is 2.41. The number of hydrogen-bond acceptors (Lipinski definition) is 4. The molecule has 0 aliphatic heterocycles. The van der Waals surface area contributed by atoms with Crippen LogP contribution in [0.25, 0.3) is 0 Å². The van der Waals surface area contributed by atoms with Gasteiger partial charge in [0.05, 0.1) is 12.2 Å². The molecule has 0 bridgehead atoms. The third kappa shape index (κ3) is 5.56. The number of halogens is 3. The van der Waals surface area contributed by atoms with E-state index < -0.39 is 17.6 Å². The van der Waals surface area contributed by atoms with Crippen molar-refractivity contribution < 1.29 is 22.7 Å². The van der Waals surface area contributed by atoms with Crippen molar-refractivity contribution >= 4 is 28.8 Å². The molecule has 0 heterocycles. The number of rotatable bonds is 7. The van der Waals surface area contributed by atoms with Crippen LogP contribution in [0.2, 0.25) is 0 Å². The minimum atomic E-state index is -4.56. The first kappa shape index (κ1) is 17.2. The summed E-state index contributed by atoms with van der Waals surface area (Å²) in [6.07, 6.45) is -4.56. The summed E-state index contributed by atoms with van der Waals surface area (Å²) >= 11 is 4.60. The van der Waals surface area contributed by atoms with Crippen LogP contribution in [-0.2, 0) is 15.7 Å². The zero-order valence-electron chi connectivity index (χ0n) is 10.9. The average molecular weight is 321 g/mol. The molecule has 116 valence electrons. The van der Waals surface area contributed by atoms with Crippen molar-refractivity contribution in [1.82, 2.24) is 0 Å². The average Bonchev–Trinajstić information content (AvgIpc) is 2.36. The van der Waals surface area contributed by atoms with E-state index in [1.807, 2.05) is 0 Å². The van der Waals surface area contributed by atoms with E-state index in [1.165, 1.54) is 12.1 Å². The normalized spacial score (nSPS) is 11.2. The van der Waals surface area contributed by atoms with Crippen LogP contribution in [-0.4, -0.2) is 30.7 Å². The van der Waals surface area contributed by atoms with E-state index in [2.05, 4.69) is 17.5 Å². The SMILES string of the molecule is NC(=O)COCCNc1ccc(C(N)=S)c(C(F)(F)F)c1. The number of nitrogens with two attached hydrogens (primary N) is 2. The number of ether oxygens (including phenoxy) is 1. The standard InChI is InChI=1S/C12H14F3N3O2S/c13-12(14,15)9-5-7(1-2-8(9)11(17)21)18-3-4-20-6-10(16)19/h1-2,5,18H,3-4,6H2,(H2,16,19)(H2,17,21). The van der Waals surface area contributed by atoms with Crippen LogP contribution in [0.3, 0.4) is 0 Å². The Morgan fingerprint density at radius 1 is 1.33 bits per heavy atom. The van der Waals surface area contributed by atoms with Crippen molar-refractivity contribution in [3.63, 3.8) is 0 Å². The molecule has 1 aromatic carbocycles. The van der Waals surface area contributed by atoms with Gasteiger partial charge in [-0.05, 0) is 18.2 Å². The highest BCUT2D eigenvalue weighted by Gasteiger charge is 2.34. The summed E-state index contributed by atoms with van der Waals surface area (Å²) in [5, 5.41) is 2.74. The molecule has 1 amide bonds. The number of hydrogen-bond donors (Lipinski definition) is 3. The highest BCUT2D eigenvalue weighted by atomic mass is 32.1. The number of carbonyl (C=O) groups is 1. The van der Waals surface area contributed by atoms with E-state index in [9.17, 15) is 18.0 Å². The van der Waals surface area contributed by atoms with Crippen LogP contribution in [0.1, 0.15) is 11.1 Å². The molecule has 9 heteroatoms. The quantitative estimate of drug-likeness (QED) is 0.519. The summed E-state index contributed by atoms with van der Waals surface area (Å²) < 4.78 is 43.6. The lowest BCUT2D eigenvalue weighted by molar-refractivity contribution is -0.137. The molecule has 21 heavy (non-hydrogen) atoms. The number of carbonyl (C=O) groups excluding carboxylic acids is 1. The van der Waals surface area contributed by atoms with E-state index in [0.29, 0.717) is 0 Å². The first-order valence-electron chi connectivity index (χ1n) is 5.83. The summed E-state index contributed by atoms with van der Waals surface area (Å²) in [5.41, 5.74) is 9.25. The predicted molar refractivity (Wildman–Crippen MR) is 75.8 cm³/mol. The first-order chi connectivity index (χ1) is 9.71. The summed E-state index contributed by atoms with van der Waals surface area (Å²) in [7, 11) is 0. The largest absolute Gasteiger partial charge is 0.417 e. The fourth-order valence-electron chi connectivity index (χ4n) is 1.54. The molecule has 0 aliphatic carbocycles. The summed E-state index contributed by atoms with van der Waals surface area (Å²) in [5.74, 6) is -0.616. The number of primary amides is 1. The van der Waals surface area contributed by atoms with Crippen LogP contribution >= 0.6 is 12.2 Å². The van der Waals surface area contributed by atoms with Crippen molar-refractivity contribution in [2.75, 3.05) is 25.1 Å². The van der Waals surface area contributed by atoms with Crippen LogP contribution < -0.4 is 16.8 Å². The fraction of sp³-hybridized carbons (Fsp3) is 0.333. The van der Waals surface area contributed by atoms with Gasteiger partial charge in [-0.1, -0.05) is 12.2 Å². The van der Waals surface area contributed by atoms with E-state index in [4.69, 9.17) is 16.2 Å². The van der Waals surface area contributed by atoms with Crippen molar-refractivity contribution in [3.05, 3.63) is 29.3 Å². The number of anilines is 1. The Bertz CT molecular complexity index is 535. The summed E-state index contributed by atoms with van der Waals surface area (Å²) in [6.45, 7) is 0.105. The molecular weight excluding hydrogens is 307 g/mol. The number of alkyl halides is 3. The van der Waals surface area contributed by atoms with Crippen molar-refractivity contribution in [1.29, 1.82) is 0 Å². The maximum atomic E-state index is 12.9. The molecule has 0 saturated carbocycles. The van der Waals surface area contributed by atoms with Crippen LogP contribution in [0.15, 0.2) is 18.2 Å². The molecule has 0 fully saturated rings. The second kappa shape index (κ2) is 7.23. The van der Waals surface area contributed by atoms with Crippen molar-refractivity contribution in [2.24, 2.45) is 11.5 Å². The Morgan fingerprint density at radius 2 is 2.00 bits per heavy atom. The first-order valence-corrected chi connectivity index (χ1v) is 6.23. The molecule has 5 N–H and O–H groups in total. The lowest BCUT2D eigenvalue weighted by Gasteiger charge is -2.14. The van der Waals surface area contributed by atoms with Crippen LogP contribution in [0.4, 0.5) is 18.9 Å². The topological polar surface area (TPSA) is 90.4 Å². The van der Waals surface area contributed by atoms with Gasteiger partial charge >= 0.3 is 6.18 Å². The Kier molecular flexibility index (Phi) is 5.91. The highest BCUT2D eigenvalue weighted by molar-refractivity contribution is 7.80.